The largest absolute Gasteiger partial charge is 0.340 e. The molecule has 0 aliphatic carbocycles. The Kier molecular flexibility index (Phi) is 7.09. The Morgan fingerprint density at radius 2 is 1.89 bits per heavy atom. The van der Waals surface area contributed by atoms with Crippen molar-refractivity contribution < 1.29 is 9.59 Å². The zero-order valence-corrected chi connectivity index (χ0v) is 17.0. The molecule has 0 saturated carbocycles. The lowest BCUT2D eigenvalue weighted by Crippen LogP contribution is -2.52. The third kappa shape index (κ3) is 5.58. The number of piperazine rings is 1. The number of urea groups is 1. The van der Waals surface area contributed by atoms with Gasteiger partial charge in [0.15, 0.2) is 0 Å². The molecule has 2 aliphatic heterocycles. The highest BCUT2D eigenvalue weighted by Gasteiger charge is 2.31. The second-order valence-corrected chi connectivity index (χ2v) is 8.00. The van der Waals surface area contributed by atoms with Crippen LogP contribution in [-0.4, -0.2) is 78.5 Å². The second kappa shape index (κ2) is 9.73. The zero-order chi connectivity index (χ0) is 19.9. The van der Waals surface area contributed by atoms with Gasteiger partial charge in [-0.3, -0.25) is 9.69 Å². The Bertz CT molecular complexity index is 681. The van der Waals surface area contributed by atoms with Gasteiger partial charge in [-0.25, -0.2) is 4.79 Å². The van der Waals surface area contributed by atoms with Crippen LogP contribution in [-0.2, 0) is 4.79 Å². The van der Waals surface area contributed by atoms with Crippen LogP contribution in [0.3, 0.4) is 0 Å². The minimum atomic E-state index is -0.00470. The number of benzene rings is 1. The highest BCUT2D eigenvalue weighted by molar-refractivity contribution is 5.79. The van der Waals surface area contributed by atoms with E-state index in [9.17, 15) is 9.59 Å². The van der Waals surface area contributed by atoms with Crippen molar-refractivity contribution in [2.24, 2.45) is 5.92 Å². The Hall–Kier alpha value is -2.34. The average Bonchev–Trinajstić information content (AvgIpc) is 3.08. The lowest BCUT2D eigenvalue weighted by atomic mass is 10.1. The van der Waals surface area contributed by atoms with E-state index in [0.717, 1.165) is 39.3 Å². The van der Waals surface area contributed by atoms with E-state index in [1.54, 1.807) is 0 Å². The molecule has 152 valence electrons. The van der Waals surface area contributed by atoms with Crippen LogP contribution in [0.15, 0.2) is 36.4 Å². The first-order valence-electron chi connectivity index (χ1n) is 10.3. The van der Waals surface area contributed by atoms with Crippen LogP contribution in [0.25, 0.3) is 6.08 Å². The molecule has 1 atom stereocenters. The van der Waals surface area contributed by atoms with Gasteiger partial charge in [-0.2, -0.15) is 0 Å². The molecule has 0 unspecified atom stereocenters. The fourth-order valence-electron chi connectivity index (χ4n) is 3.82. The number of hydrogen-bond donors (Lipinski definition) is 1. The average molecular weight is 385 g/mol. The summed E-state index contributed by atoms with van der Waals surface area (Å²) < 4.78 is 0. The highest BCUT2D eigenvalue weighted by atomic mass is 16.2. The number of amides is 3. The van der Waals surface area contributed by atoms with Gasteiger partial charge in [0.1, 0.15) is 0 Å². The molecule has 3 amide bonds. The second-order valence-electron chi connectivity index (χ2n) is 8.00. The normalized spacial score (nSPS) is 21.1. The predicted octanol–water partition coefficient (Wildman–Crippen LogP) is 2.28. The summed E-state index contributed by atoms with van der Waals surface area (Å²) in [4.78, 5) is 30.6. The SMILES string of the molecule is CC(C)N1C[C@H](CNC(=O)N2CCN(C/C=C/c3ccccc3)CC2)CC1=O. The summed E-state index contributed by atoms with van der Waals surface area (Å²) in [5.41, 5.74) is 1.21. The third-order valence-corrected chi connectivity index (χ3v) is 5.54. The summed E-state index contributed by atoms with van der Waals surface area (Å²) in [6, 6.07) is 10.5. The number of carbonyl (C=O) groups excluding carboxylic acids is 2. The van der Waals surface area contributed by atoms with Crippen LogP contribution in [0.4, 0.5) is 4.79 Å². The van der Waals surface area contributed by atoms with Gasteiger partial charge in [0, 0.05) is 64.2 Å². The molecule has 28 heavy (non-hydrogen) atoms. The Morgan fingerprint density at radius 3 is 2.54 bits per heavy atom. The Morgan fingerprint density at radius 1 is 1.18 bits per heavy atom. The lowest BCUT2D eigenvalue weighted by Gasteiger charge is -2.34. The maximum absolute atomic E-state index is 12.4. The van der Waals surface area contributed by atoms with E-state index in [0.29, 0.717) is 13.0 Å². The van der Waals surface area contributed by atoms with Crippen molar-refractivity contribution in [1.82, 2.24) is 20.0 Å². The van der Waals surface area contributed by atoms with Gasteiger partial charge in [0.25, 0.3) is 0 Å². The lowest BCUT2D eigenvalue weighted by molar-refractivity contribution is -0.129. The van der Waals surface area contributed by atoms with Gasteiger partial charge in [-0.15, -0.1) is 0 Å². The molecule has 0 aromatic heterocycles. The van der Waals surface area contributed by atoms with Crippen LogP contribution in [0.5, 0.6) is 0 Å². The Balaban J connectivity index is 1.35. The minimum Gasteiger partial charge on any atom is -0.340 e. The molecule has 2 saturated heterocycles. The fourth-order valence-corrected chi connectivity index (χ4v) is 3.82. The van der Waals surface area contributed by atoms with Gasteiger partial charge in [-0.05, 0) is 19.4 Å². The topological polar surface area (TPSA) is 55.9 Å². The van der Waals surface area contributed by atoms with Crippen molar-refractivity contribution in [3.8, 4) is 0 Å². The van der Waals surface area contributed by atoms with Crippen molar-refractivity contribution in [3.63, 3.8) is 0 Å². The molecular formula is C22H32N4O2. The number of nitrogens with zero attached hydrogens (tertiary/aromatic N) is 3. The highest BCUT2D eigenvalue weighted by Crippen LogP contribution is 2.19. The van der Waals surface area contributed by atoms with E-state index >= 15 is 0 Å². The summed E-state index contributed by atoms with van der Waals surface area (Å²) in [7, 11) is 0. The summed E-state index contributed by atoms with van der Waals surface area (Å²) in [6.07, 6.45) is 4.87. The third-order valence-electron chi connectivity index (χ3n) is 5.54. The van der Waals surface area contributed by atoms with Crippen molar-refractivity contribution in [2.75, 3.05) is 45.8 Å². The van der Waals surface area contributed by atoms with Crippen LogP contribution < -0.4 is 5.32 Å². The van der Waals surface area contributed by atoms with E-state index in [1.165, 1.54) is 5.56 Å². The molecule has 1 aromatic rings. The zero-order valence-electron chi connectivity index (χ0n) is 17.0. The van der Waals surface area contributed by atoms with Crippen molar-refractivity contribution >= 4 is 18.0 Å². The van der Waals surface area contributed by atoms with E-state index < -0.39 is 0 Å². The summed E-state index contributed by atoms with van der Waals surface area (Å²) in [5.74, 6) is 0.426. The number of likely N-dealkylation sites (tertiary alicyclic amines) is 1. The molecule has 6 heteroatoms. The monoisotopic (exact) mass is 384 g/mol. The van der Waals surface area contributed by atoms with Gasteiger partial charge >= 0.3 is 6.03 Å². The molecular weight excluding hydrogens is 352 g/mol. The van der Waals surface area contributed by atoms with Gasteiger partial charge in [0.05, 0.1) is 0 Å². The first-order valence-corrected chi connectivity index (χ1v) is 10.3. The number of rotatable bonds is 6. The molecule has 2 fully saturated rings. The van der Waals surface area contributed by atoms with Gasteiger partial charge in [-0.1, -0.05) is 42.5 Å². The summed E-state index contributed by atoms with van der Waals surface area (Å²) in [5, 5.41) is 3.03. The number of carbonyl (C=O) groups is 2. The minimum absolute atomic E-state index is 0.00470. The number of nitrogens with one attached hydrogen (secondary N) is 1. The summed E-state index contributed by atoms with van der Waals surface area (Å²) >= 11 is 0. The molecule has 1 N–H and O–H groups in total. The Labute approximate surface area is 168 Å². The quantitative estimate of drug-likeness (QED) is 0.819. The molecule has 0 radical (unpaired) electrons. The summed E-state index contributed by atoms with van der Waals surface area (Å²) in [6.45, 7) is 9.55. The van der Waals surface area contributed by atoms with Gasteiger partial charge in [0.2, 0.25) is 5.91 Å². The number of hydrogen-bond acceptors (Lipinski definition) is 3. The molecule has 0 bridgehead atoms. The molecule has 6 nitrogen and oxygen atoms in total. The van der Waals surface area contributed by atoms with Crippen molar-refractivity contribution in [3.05, 3.63) is 42.0 Å². The molecule has 1 aromatic carbocycles. The van der Waals surface area contributed by atoms with Crippen LogP contribution in [0.1, 0.15) is 25.8 Å². The van der Waals surface area contributed by atoms with E-state index in [-0.39, 0.29) is 23.9 Å². The van der Waals surface area contributed by atoms with Gasteiger partial charge < -0.3 is 15.1 Å². The smallest absolute Gasteiger partial charge is 0.317 e. The molecule has 2 aliphatic rings. The standard InChI is InChI=1S/C22H32N4O2/c1-18(2)26-17-20(15-21(26)27)16-23-22(28)25-13-11-24(12-14-25)10-6-9-19-7-4-3-5-8-19/h3-9,18,20H,10-17H2,1-2H3,(H,23,28)/b9-6+/t20-/m0/s1. The van der Waals surface area contributed by atoms with Crippen molar-refractivity contribution in [1.29, 1.82) is 0 Å². The fraction of sp³-hybridized carbons (Fsp3) is 0.545. The van der Waals surface area contributed by atoms with E-state index in [1.807, 2.05) is 41.8 Å². The van der Waals surface area contributed by atoms with Crippen LogP contribution >= 0.6 is 0 Å². The van der Waals surface area contributed by atoms with Crippen molar-refractivity contribution in [2.45, 2.75) is 26.3 Å². The first kappa shape index (κ1) is 20.4. The predicted molar refractivity (Wildman–Crippen MR) is 112 cm³/mol. The van der Waals surface area contributed by atoms with Crippen LogP contribution in [0.2, 0.25) is 0 Å². The molecule has 3 rings (SSSR count). The first-order chi connectivity index (χ1) is 13.5. The molecule has 2 heterocycles. The maximum Gasteiger partial charge on any atom is 0.317 e. The van der Waals surface area contributed by atoms with Crippen LogP contribution in [0, 0.1) is 5.92 Å². The molecule has 0 spiro atoms. The van der Waals surface area contributed by atoms with E-state index in [4.69, 9.17) is 0 Å². The van der Waals surface area contributed by atoms with E-state index in [2.05, 4.69) is 34.5 Å². The maximum atomic E-state index is 12.4.